The number of hydrogen-bond donors (Lipinski definition) is 0. The topological polar surface area (TPSA) is 38.8 Å². The van der Waals surface area contributed by atoms with Gasteiger partial charge in [0.15, 0.2) is 11.5 Å². The molecule has 0 saturated carbocycles. The van der Waals surface area contributed by atoms with Crippen LogP contribution in [0.4, 0.5) is 0 Å². The predicted molar refractivity (Wildman–Crippen MR) is 108 cm³/mol. The van der Waals surface area contributed by atoms with Crippen LogP contribution in [0.5, 0.6) is 11.5 Å². The van der Waals surface area contributed by atoms with Crippen LogP contribution in [0.2, 0.25) is 5.02 Å². The highest BCUT2D eigenvalue weighted by Gasteiger charge is 2.32. The second kappa shape index (κ2) is 8.05. The second-order valence-corrected chi connectivity index (χ2v) is 7.30. The molecule has 1 amide bonds. The standard InChI is InChI=1S/C22H24ClNO3/c1-14(2)10-21(25)24-9-8-15-12-19(26-3)20(27-4)13-18(15)22(24)16-6-5-7-17(23)11-16/h5-7,10-13,22H,8-9H2,1-4H3. The maximum Gasteiger partial charge on any atom is 0.247 e. The molecule has 0 spiro atoms. The molecule has 0 fully saturated rings. The molecule has 4 nitrogen and oxygen atoms in total. The number of rotatable bonds is 4. The third-order valence-corrected chi connectivity index (χ3v) is 4.97. The van der Waals surface area contributed by atoms with E-state index < -0.39 is 0 Å². The van der Waals surface area contributed by atoms with Crippen molar-refractivity contribution in [2.24, 2.45) is 0 Å². The van der Waals surface area contributed by atoms with Crippen molar-refractivity contribution in [3.63, 3.8) is 0 Å². The Morgan fingerprint density at radius 3 is 2.48 bits per heavy atom. The summed E-state index contributed by atoms with van der Waals surface area (Å²) in [6.07, 6.45) is 2.44. The SMILES string of the molecule is COc1cc2c(cc1OC)C(c1cccc(Cl)c1)N(C(=O)C=C(C)C)CC2. The Morgan fingerprint density at radius 2 is 1.85 bits per heavy atom. The number of hydrogen-bond acceptors (Lipinski definition) is 3. The predicted octanol–water partition coefficient (Wildman–Crippen LogP) is 4.80. The average molecular weight is 386 g/mol. The van der Waals surface area contributed by atoms with E-state index in [-0.39, 0.29) is 11.9 Å². The molecule has 0 aliphatic carbocycles. The number of halogens is 1. The average Bonchev–Trinajstić information content (AvgIpc) is 2.65. The first-order valence-electron chi connectivity index (χ1n) is 8.90. The molecule has 142 valence electrons. The Kier molecular flexibility index (Phi) is 5.76. The summed E-state index contributed by atoms with van der Waals surface area (Å²) in [5.74, 6) is 1.35. The summed E-state index contributed by atoms with van der Waals surface area (Å²) < 4.78 is 11.0. The maximum atomic E-state index is 12.9. The monoisotopic (exact) mass is 385 g/mol. The second-order valence-electron chi connectivity index (χ2n) is 6.87. The van der Waals surface area contributed by atoms with Gasteiger partial charge in [-0.05, 0) is 61.2 Å². The largest absolute Gasteiger partial charge is 0.493 e. The number of carbonyl (C=O) groups is 1. The van der Waals surface area contributed by atoms with Crippen LogP contribution in [0.3, 0.4) is 0 Å². The molecule has 1 atom stereocenters. The molecule has 1 heterocycles. The van der Waals surface area contributed by atoms with Crippen LogP contribution in [-0.2, 0) is 11.2 Å². The molecule has 0 bridgehead atoms. The number of fused-ring (bicyclic) bond motifs is 1. The fourth-order valence-corrected chi connectivity index (χ4v) is 3.75. The first-order chi connectivity index (χ1) is 12.9. The molecule has 2 aromatic rings. The summed E-state index contributed by atoms with van der Waals surface area (Å²) >= 11 is 6.25. The summed E-state index contributed by atoms with van der Waals surface area (Å²) in [7, 11) is 3.25. The van der Waals surface area contributed by atoms with Crippen LogP contribution in [-0.4, -0.2) is 31.6 Å². The van der Waals surface area contributed by atoms with Gasteiger partial charge in [0.25, 0.3) is 0 Å². The minimum absolute atomic E-state index is 0.000380. The zero-order chi connectivity index (χ0) is 19.6. The van der Waals surface area contributed by atoms with Crippen LogP contribution in [0.25, 0.3) is 0 Å². The molecule has 0 saturated heterocycles. The maximum absolute atomic E-state index is 12.9. The molecular formula is C22H24ClNO3. The van der Waals surface area contributed by atoms with E-state index in [1.54, 1.807) is 20.3 Å². The summed E-state index contributed by atoms with van der Waals surface area (Å²) in [4.78, 5) is 14.8. The van der Waals surface area contributed by atoms with E-state index in [2.05, 4.69) is 0 Å². The number of allylic oxidation sites excluding steroid dienone is 1. The molecule has 1 aliphatic heterocycles. The summed E-state index contributed by atoms with van der Waals surface area (Å²) in [6.45, 7) is 4.48. The zero-order valence-corrected chi connectivity index (χ0v) is 16.8. The highest BCUT2D eigenvalue weighted by atomic mass is 35.5. The first-order valence-corrected chi connectivity index (χ1v) is 9.28. The van der Waals surface area contributed by atoms with Gasteiger partial charge < -0.3 is 14.4 Å². The number of amides is 1. The van der Waals surface area contributed by atoms with Gasteiger partial charge in [-0.3, -0.25) is 4.79 Å². The lowest BCUT2D eigenvalue weighted by Gasteiger charge is -2.38. The Hall–Kier alpha value is -2.46. The van der Waals surface area contributed by atoms with Crippen LogP contribution in [0, 0.1) is 0 Å². The molecule has 1 unspecified atom stereocenters. The van der Waals surface area contributed by atoms with E-state index in [1.165, 1.54) is 0 Å². The van der Waals surface area contributed by atoms with Crippen molar-refractivity contribution in [2.45, 2.75) is 26.3 Å². The fraction of sp³-hybridized carbons (Fsp3) is 0.318. The van der Waals surface area contributed by atoms with Crippen LogP contribution in [0.15, 0.2) is 48.0 Å². The highest BCUT2D eigenvalue weighted by Crippen LogP contribution is 2.41. The van der Waals surface area contributed by atoms with Crippen molar-refractivity contribution in [1.82, 2.24) is 4.90 Å². The lowest BCUT2D eigenvalue weighted by atomic mass is 9.87. The highest BCUT2D eigenvalue weighted by molar-refractivity contribution is 6.30. The molecule has 27 heavy (non-hydrogen) atoms. The zero-order valence-electron chi connectivity index (χ0n) is 16.1. The quantitative estimate of drug-likeness (QED) is 0.710. The third-order valence-electron chi connectivity index (χ3n) is 4.73. The smallest absolute Gasteiger partial charge is 0.247 e. The lowest BCUT2D eigenvalue weighted by molar-refractivity contribution is -0.128. The minimum Gasteiger partial charge on any atom is -0.493 e. The molecule has 2 aromatic carbocycles. The van der Waals surface area contributed by atoms with E-state index in [4.69, 9.17) is 21.1 Å². The van der Waals surface area contributed by atoms with E-state index in [1.807, 2.05) is 55.1 Å². The van der Waals surface area contributed by atoms with Crippen molar-refractivity contribution in [2.75, 3.05) is 20.8 Å². The van der Waals surface area contributed by atoms with Crippen LogP contribution in [0.1, 0.15) is 36.6 Å². The minimum atomic E-state index is -0.227. The molecule has 0 radical (unpaired) electrons. The van der Waals surface area contributed by atoms with Gasteiger partial charge in [0.2, 0.25) is 5.91 Å². The molecule has 1 aliphatic rings. The third kappa shape index (κ3) is 3.96. The fourth-order valence-electron chi connectivity index (χ4n) is 3.55. The first kappa shape index (κ1) is 19.3. The molecule has 0 aromatic heterocycles. The molecular weight excluding hydrogens is 362 g/mol. The number of benzene rings is 2. The summed E-state index contributed by atoms with van der Waals surface area (Å²) in [5.41, 5.74) is 4.14. The number of methoxy groups -OCH3 is 2. The van der Waals surface area contributed by atoms with Crippen LogP contribution >= 0.6 is 11.6 Å². The van der Waals surface area contributed by atoms with Crippen molar-refractivity contribution < 1.29 is 14.3 Å². The van der Waals surface area contributed by atoms with Gasteiger partial charge in [0.05, 0.1) is 20.3 Å². The van der Waals surface area contributed by atoms with Crippen molar-refractivity contribution in [3.8, 4) is 11.5 Å². The Bertz CT molecular complexity index is 887. The van der Waals surface area contributed by atoms with E-state index in [0.29, 0.717) is 23.1 Å². The van der Waals surface area contributed by atoms with Gasteiger partial charge in [-0.1, -0.05) is 29.3 Å². The van der Waals surface area contributed by atoms with Gasteiger partial charge in [0, 0.05) is 17.6 Å². The molecule has 3 rings (SSSR count). The van der Waals surface area contributed by atoms with Crippen LogP contribution < -0.4 is 9.47 Å². The van der Waals surface area contributed by atoms with Gasteiger partial charge in [-0.15, -0.1) is 0 Å². The van der Waals surface area contributed by atoms with Gasteiger partial charge in [0.1, 0.15) is 0 Å². The molecule has 0 N–H and O–H groups in total. The van der Waals surface area contributed by atoms with Gasteiger partial charge in [-0.25, -0.2) is 0 Å². The van der Waals surface area contributed by atoms with Crippen molar-refractivity contribution in [1.29, 1.82) is 0 Å². The number of nitrogens with zero attached hydrogens (tertiary/aromatic N) is 1. The van der Waals surface area contributed by atoms with E-state index >= 15 is 0 Å². The summed E-state index contributed by atoms with van der Waals surface area (Å²) in [6, 6.07) is 11.4. The lowest BCUT2D eigenvalue weighted by Crippen LogP contribution is -2.40. The van der Waals surface area contributed by atoms with E-state index in [0.717, 1.165) is 28.7 Å². The Labute approximate surface area is 165 Å². The normalized spacial score (nSPS) is 15.7. The molecule has 5 heteroatoms. The van der Waals surface area contributed by atoms with Crippen molar-refractivity contribution in [3.05, 3.63) is 69.8 Å². The Balaban J connectivity index is 2.17. The van der Waals surface area contributed by atoms with E-state index in [9.17, 15) is 4.79 Å². The van der Waals surface area contributed by atoms with Gasteiger partial charge >= 0.3 is 0 Å². The number of ether oxygens (including phenoxy) is 2. The van der Waals surface area contributed by atoms with Crippen molar-refractivity contribution >= 4 is 17.5 Å². The Morgan fingerprint density at radius 1 is 1.15 bits per heavy atom. The summed E-state index contributed by atoms with van der Waals surface area (Å²) in [5, 5.41) is 0.648. The number of carbonyl (C=O) groups excluding carboxylic acids is 1. The van der Waals surface area contributed by atoms with Gasteiger partial charge in [-0.2, -0.15) is 0 Å².